The molecule has 1 aliphatic rings. The third-order valence-corrected chi connectivity index (χ3v) is 3.37. The maximum absolute atomic E-state index is 12.0. The predicted octanol–water partition coefficient (Wildman–Crippen LogP) is 1.36. The molecule has 3 N–H and O–H groups in total. The molecule has 0 aromatic heterocycles. The predicted molar refractivity (Wildman–Crippen MR) is 89.5 cm³/mol. The fourth-order valence-corrected chi connectivity index (χ4v) is 2.26. The summed E-state index contributed by atoms with van der Waals surface area (Å²) in [7, 11) is 0. The van der Waals surface area contributed by atoms with Crippen molar-refractivity contribution in [3.05, 3.63) is 29.8 Å². The van der Waals surface area contributed by atoms with Gasteiger partial charge in [-0.3, -0.25) is 4.79 Å². The second-order valence-corrected chi connectivity index (χ2v) is 5.16. The molecular formula is C15H23ClN4O2. The van der Waals surface area contributed by atoms with Crippen molar-refractivity contribution in [1.29, 1.82) is 0 Å². The van der Waals surface area contributed by atoms with Crippen molar-refractivity contribution < 1.29 is 9.59 Å². The molecule has 6 nitrogen and oxygen atoms in total. The van der Waals surface area contributed by atoms with Crippen LogP contribution in [0.25, 0.3) is 0 Å². The Morgan fingerprint density at radius 3 is 2.86 bits per heavy atom. The lowest BCUT2D eigenvalue weighted by atomic mass is 10.2. The van der Waals surface area contributed by atoms with Crippen molar-refractivity contribution in [2.24, 2.45) is 0 Å². The maximum Gasteiger partial charge on any atom is 0.319 e. The maximum atomic E-state index is 12.0. The fraction of sp³-hybridized carbons (Fsp3) is 0.467. The van der Waals surface area contributed by atoms with Crippen molar-refractivity contribution in [3.8, 4) is 0 Å². The average molecular weight is 327 g/mol. The molecule has 1 aromatic carbocycles. The number of urea groups is 1. The number of carbonyl (C=O) groups excluding carboxylic acids is 2. The lowest BCUT2D eigenvalue weighted by molar-refractivity contribution is -0.129. The Kier molecular flexibility index (Phi) is 7.70. The number of rotatable bonds is 3. The number of hydrogen-bond acceptors (Lipinski definition) is 3. The van der Waals surface area contributed by atoms with E-state index in [0.717, 1.165) is 37.3 Å². The van der Waals surface area contributed by atoms with Gasteiger partial charge < -0.3 is 20.9 Å². The van der Waals surface area contributed by atoms with Crippen LogP contribution in [0.1, 0.15) is 12.0 Å². The molecule has 122 valence electrons. The summed E-state index contributed by atoms with van der Waals surface area (Å²) in [6.45, 7) is 5.16. The number of anilines is 1. The molecule has 7 heteroatoms. The fourth-order valence-electron chi connectivity index (χ4n) is 2.26. The van der Waals surface area contributed by atoms with Gasteiger partial charge in [0, 0.05) is 25.3 Å². The van der Waals surface area contributed by atoms with E-state index in [4.69, 9.17) is 0 Å². The van der Waals surface area contributed by atoms with Crippen molar-refractivity contribution >= 4 is 30.0 Å². The molecule has 0 spiro atoms. The minimum atomic E-state index is -0.359. The summed E-state index contributed by atoms with van der Waals surface area (Å²) in [5, 5.41) is 8.57. The highest BCUT2D eigenvalue weighted by molar-refractivity contribution is 5.92. The van der Waals surface area contributed by atoms with Crippen LogP contribution in [0.15, 0.2) is 24.3 Å². The molecule has 1 saturated heterocycles. The van der Waals surface area contributed by atoms with Gasteiger partial charge in [-0.05, 0) is 37.6 Å². The summed E-state index contributed by atoms with van der Waals surface area (Å²) >= 11 is 0. The van der Waals surface area contributed by atoms with Gasteiger partial charge in [-0.1, -0.05) is 12.1 Å². The zero-order valence-corrected chi connectivity index (χ0v) is 13.5. The van der Waals surface area contributed by atoms with Crippen molar-refractivity contribution in [2.45, 2.75) is 13.3 Å². The Morgan fingerprint density at radius 1 is 1.27 bits per heavy atom. The summed E-state index contributed by atoms with van der Waals surface area (Å²) in [5.74, 6) is -0.0434. The number of amides is 3. The van der Waals surface area contributed by atoms with Gasteiger partial charge in [0.1, 0.15) is 0 Å². The molecule has 1 heterocycles. The minimum Gasteiger partial charge on any atom is -0.340 e. The number of aryl methyl sites for hydroxylation is 1. The van der Waals surface area contributed by atoms with Crippen LogP contribution in [0.4, 0.5) is 10.5 Å². The van der Waals surface area contributed by atoms with Gasteiger partial charge in [0.15, 0.2) is 0 Å². The SMILES string of the molecule is Cc1cccc(NC(=O)NCC(=O)N2CCCNCC2)c1.Cl. The van der Waals surface area contributed by atoms with Crippen LogP contribution in [0.3, 0.4) is 0 Å². The first-order chi connectivity index (χ1) is 10.1. The lowest BCUT2D eigenvalue weighted by Crippen LogP contribution is -2.42. The van der Waals surface area contributed by atoms with E-state index in [1.807, 2.05) is 31.2 Å². The number of hydrogen-bond donors (Lipinski definition) is 3. The molecule has 0 atom stereocenters. The van der Waals surface area contributed by atoms with Gasteiger partial charge >= 0.3 is 6.03 Å². The number of carbonyl (C=O) groups is 2. The number of nitrogens with one attached hydrogen (secondary N) is 3. The highest BCUT2D eigenvalue weighted by Gasteiger charge is 2.15. The molecule has 0 unspecified atom stereocenters. The van der Waals surface area contributed by atoms with Crippen molar-refractivity contribution in [1.82, 2.24) is 15.5 Å². The van der Waals surface area contributed by atoms with Crippen LogP contribution in [-0.2, 0) is 4.79 Å². The molecule has 0 aliphatic carbocycles. The van der Waals surface area contributed by atoms with E-state index in [1.165, 1.54) is 0 Å². The van der Waals surface area contributed by atoms with Crippen LogP contribution in [0.5, 0.6) is 0 Å². The van der Waals surface area contributed by atoms with Crippen LogP contribution in [0.2, 0.25) is 0 Å². The molecule has 1 aromatic rings. The summed E-state index contributed by atoms with van der Waals surface area (Å²) in [4.78, 5) is 25.6. The topological polar surface area (TPSA) is 73.5 Å². The Labute approximate surface area is 137 Å². The monoisotopic (exact) mass is 326 g/mol. The van der Waals surface area contributed by atoms with Gasteiger partial charge in [0.25, 0.3) is 0 Å². The summed E-state index contributed by atoms with van der Waals surface area (Å²) < 4.78 is 0. The molecule has 1 aliphatic heterocycles. The van der Waals surface area contributed by atoms with Gasteiger partial charge in [0.05, 0.1) is 6.54 Å². The molecule has 0 bridgehead atoms. The molecule has 0 saturated carbocycles. The Bertz CT molecular complexity index is 502. The van der Waals surface area contributed by atoms with Gasteiger partial charge in [-0.2, -0.15) is 0 Å². The van der Waals surface area contributed by atoms with Gasteiger partial charge in [-0.15, -0.1) is 12.4 Å². The van der Waals surface area contributed by atoms with Crippen LogP contribution in [0, 0.1) is 6.92 Å². The first-order valence-corrected chi connectivity index (χ1v) is 7.25. The summed E-state index contributed by atoms with van der Waals surface area (Å²) in [6, 6.07) is 7.17. The summed E-state index contributed by atoms with van der Waals surface area (Å²) in [5.41, 5.74) is 1.79. The van der Waals surface area contributed by atoms with Crippen LogP contribution in [-0.4, -0.2) is 49.6 Å². The second kappa shape index (κ2) is 9.27. The number of nitrogens with zero attached hydrogens (tertiary/aromatic N) is 1. The standard InChI is InChI=1S/C15H22N4O2.ClH/c1-12-4-2-5-13(10-12)18-15(21)17-11-14(20)19-8-3-6-16-7-9-19;/h2,4-5,10,16H,3,6-9,11H2,1H3,(H2,17,18,21);1H. The van der Waals surface area contributed by atoms with E-state index in [1.54, 1.807) is 4.90 Å². The highest BCUT2D eigenvalue weighted by Crippen LogP contribution is 2.08. The van der Waals surface area contributed by atoms with Crippen LogP contribution >= 0.6 is 12.4 Å². The number of benzene rings is 1. The molecule has 3 amide bonds. The van der Waals surface area contributed by atoms with E-state index in [9.17, 15) is 9.59 Å². The highest BCUT2D eigenvalue weighted by atomic mass is 35.5. The Balaban J connectivity index is 0.00000242. The zero-order chi connectivity index (χ0) is 15.1. The zero-order valence-electron chi connectivity index (χ0n) is 12.7. The van der Waals surface area contributed by atoms with E-state index in [-0.39, 0.29) is 30.9 Å². The lowest BCUT2D eigenvalue weighted by Gasteiger charge is -2.20. The molecule has 2 rings (SSSR count). The van der Waals surface area contributed by atoms with E-state index in [0.29, 0.717) is 6.54 Å². The Morgan fingerprint density at radius 2 is 2.09 bits per heavy atom. The van der Waals surface area contributed by atoms with Crippen LogP contribution < -0.4 is 16.0 Å². The molecule has 22 heavy (non-hydrogen) atoms. The second-order valence-electron chi connectivity index (χ2n) is 5.16. The molecular weight excluding hydrogens is 304 g/mol. The minimum absolute atomic E-state index is 0. The normalized spacial score (nSPS) is 14.5. The van der Waals surface area contributed by atoms with Gasteiger partial charge in [0.2, 0.25) is 5.91 Å². The first kappa shape index (κ1) is 18.3. The van der Waals surface area contributed by atoms with Crippen molar-refractivity contribution in [2.75, 3.05) is 38.0 Å². The third kappa shape index (κ3) is 5.91. The Hall–Kier alpha value is -1.79. The summed E-state index contributed by atoms with van der Waals surface area (Å²) in [6.07, 6.45) is 0.946. The molecule has 0 radical (unpaired) electrons. The quantitative estimate of drug-likeness (QED) is 0.785. The van der Waals surface area contributed by atoms with E-state index >= 15 is 0 Å². The van der Waals surface area contributed by atoms with E-state index in [2.05, 4.69) is 16.0 Å². The van der Waals surface area contributed by atoms with Gasteiger partial charge in [-0.25, -0.2) is 4.79 Å². The third-order valence-electron chi connectivity index (χ3n) is 3.37. The number of halogens is 1. The van der Waals surface area contributed by atoms with Crippen molar-refractivity contribution in [3.63, 3.8) is 0 Å². The smallest absolute Gasteiger partial charge is 0.319 e. The first-order valence-electron chi connectivity index (χ1n) is 7.25. The largest absolute Gasteiger partial charge is 0.340 e. The molecule has 1 fully saturated rings. The average Bonchev–Trinajstić information content (AvgIpc) is 2.74. The van der Waals surface area contributed by atoms with E-state index < -0.39 is 0 Å².